The van der Waals surface area contributed by atoms with Gasteiger partial charge in [-0.2, -0.15) is 0 Å². The quantitative estimate of drug-likeness (QED) is 0.194. The summed E-state index contributed by atoms with van der Waals surface area (Å²) >= 11 is 0. The zero-order valence-electron chi connectivity index (χ0n) is 15.2. The van der Waals surface area contributed by atoms with Crippen LogP contribution in [-0.2, 0) is 28.8 Å². The molecule has 4 atom stereocenters. The maximum Gasteiger partial charge on any atom is 2.00 e. The third-order valence-corrected chi connectivity index (χ3v) is 2.79. The van der Waals surface area contributed by atoms with Crippen LogP contribution in [0.3, 0.4) is 0 Å². The molecular formula is C12H8Ba3F2O14. The van der Waals surface area contributed by atoms with Crippen molar-refractivity contribution in [2.24, 2.45) is 0 Å². The van der Waals surface area contributed by atoms with E-state index in [1.807, 2.05) is 0 Å². The fraction of sp³-hybridized carbons (Fsp3) is 0.500. The fourth-order valence-electron chi connectivity index (χ4n) is 1.36. The monoisotopic (exact) mass is 828 g/mol. The van der Waals surface area contributed by atoms with Gasteiger partial charge in [0.1, 0.15) is 11.2 Å². The molecule has 0 saturated carbocycles. The molecule has 19 heteroatoms. The number of halogens is 2. The Morgan fingerprint density at radius 3 is 0.903 bits per heavy atom. The molecule has 0 aromatic carbocycles. The van der Waals surface area contributed by atoms with Crippen LogP contribution in [0.25, 0.3) is 0 Å². The Kier molecular flexibility index (Phi) is 25.5. The summed E-state index contributed by atoms with van der Waals surface area (Å²) in [5.41, 5.74) is -7.37. The number of carboxylic acid groups (broad SMARTS) is 6. The molecule has 0 aliphatic heterocycles. The van der Waals surface area contributed by atoms with Gasteiger partial charge < -0.3 is 69.6 Å². The molecule has 31 heavy (non-hydrogen) atoms. The van der Waals surface area contributed by atoms with Gasteiger partial charge in [-0.1, -0.05) is 0 Å². The van der Waals surface area contributed by atoms with Gasteiger partial charge >= 0.3 is 147 Å². The smallest absolute Gasteiger partial charge is 0.550 e. The van der Waals surface area contributed by atoms with Gasteiger partial charge in [-0.25, -0.2) is 8.78 Å². The molecule has 0 bridgehead atoms. The second kappa shape index (κ2) is 18.6. The number of carboxylic acids is 6. The average Bonchev–Trinajstić information content (AvgIpc) is 2.51. The Morgan fingerprint density at radius 1 is 0.613 bits per heavy atom. The first kappa shape index (κ1) is 42.5. The van der Waals surface area contributed by atoms with Crippen LogP contribution < -0.4 is 30.6 Å². The number of rotatable bonds is 10. The van der Waals surface area contributed by atoms with Crippen molar-refractivity contribution in [2.45, 2.75) is 36.4 Å². The summed E-state index contributed by atoms with van der Waals surface area (Å²) in [5.74, 6) is -14.5. The van der Waals surface area contributed by atoms with Crippen LogP contribution in [0.15, 0.2) is 0 Å². The molecule has 0 aliphatic carbocycles. The first-order valence-electron chi connectivity index (χ1n) is 6.40. The molecule has 0 heterocycles. The van der Waals surface area contributed by atoms with Gasteiger partial charge in [-0.05, 0) is 0 Å². The maximum atomic E-state index is 12.6. The number of carbonyl (C=O) groups is 6. The molecule has 0 amide bonds. The van der Waals surface area contributed by atoms with Crippen LogP contribution in [-0.4, -0.2) is 216 Å². The Bertz CT molecular complexity index is 621. The summed E-state index contributed by atoms with van der Waals surface area (Å²) in [6.45, 7) is 0. The van der Waals surface area contributed by atoms with Gasteiger partial charge in [0.15, 0.2) is 12.3 Å². The van der Waals surface area contributed by atoms with Crippen molar-refractivity contribution in [3.8, 4) is 0 Å². The van der Waals surface area contributed by atoms with E-state index in [0.717, 1.165) is 0 Å². The zero-order valence-corrected chi connectivity index (χ0v) is 28.6. The van der Waals surface area contributed by atoms with Gasteiger partial charge in [0.2, 0.25) is 0 Å². The third-order valence-electron chi connectivity index (χ3n) is 2.79. The van der Waals surface area contributed by atoms with Crippen LogP contribution in [0.2, 0.25) is 0 Å². The van der Waals surface area contributed by atoms with Crippen molar-refractivity contribution in [1.82, 2.24) is 0 Å². The van der Waals surface area contributed by atoms with Crippen molar-refractivity contribution >= 4 is 182 Å². The zero-order chi connectivity index (χ0) is 23.0. The van der Waals surface area contributed by atoms with E-state index in [4.69, 9.17) is 10.2 Å². The number of aliphatic hydroxyl groups is 2. The summed E-state index contributed by atoms with van der Waals surface area (Å²) < 4.78 is 25.1. The second-order valence-corrected chi connectivity index (χ2v) is 4.88. The normalized spacial score (nSPS) is 15.1. The predicted octanol–water partition coefficient (Wildman–Crippen LogP) is -11.8. The SMILES string of the molecule is O=C([O-])CC(O)(C(=O)[O-])C(F)C(=O)[O-].O=C([O-])CC(O)(C(=O)[O-])C(F)C(=O)[O-].[Ba+2].[Ba+2].[Ba+2]. The van der Waals surface area contributed by atoms with E-state index < -0.39 is 72.2 Å². The van der Waals surface area contributed by atoms with Crippen molar-refractivity contribution < 1.29 is 78.4 Å². The molecule has 0 saturated heterocycles. The summed E-state index contributed by atoms with van der Waals surface area (Å²) in [6, 6.07) is 0. The topological polar surface area (TPSA) is 281 Å². The van der Waals surface area contributed by atoms with Gasteiger partial charge in [0, 0.05) is 24.8 Å². The molecular weight excluding hydrogens is 818 g/mol. The molecule has 2 N–H and O–H groups in total. The molecule has 160 valence electrons. The van der Waals surface area contributed by atoms with E-state index in [1.54, 1.807) is 0 Å². The minimum atomic E-state index is -3.68. The molecule has 0 radical (unpaired) electrons. The van der Waals surface area contributed by atoms with Crippen LogP contribution in [0.4, 0.5) is 8.78 Å². The molecule has 0 rings (SSSR count). The molecule has 0 fully saturated rings. The fourth-order valence-corrected chi connectivity index (χ4v) is 1.36. The van der Waals surface area contributed by atoms with E-state index in [2.05, 4.69) is 0 Å². The number of alkyl halides is 2. The Labute approximate surface area is 291 Å². The second-order valence-electron chi connectivity index (χ2n) is 4.88. The van der Waals surface area contributed by atoms with Crippen LogP contribution in [0.1, 0.15) is 12.8 Å². The van der Waals surface area contributed by atoms with E-state index in [-0.39, 0.29) is 147 Å². The van der Waals surface area contributed by atoms with Crippen molar-refractivity contribution in [3.63, 3.8) is 0 Å². The molecule has 0 aromatic heterocycles. The van der Waals surface area contributed by atoms with E-state index in [1.165, 1.54) is 0 Å². The third kappa shape index (κ3) is 14.3. The summed E-state index contributed by atoms with van der Waals surface area (Å²) in [6.07, 6.45) is -10.3. The summed E-state index contributed by atoms with van der Waals surface area (Å²) in [7, 11) is 0. The Hall–Kier alpha value is 1.31. The predicted molar refractivity (Wildman–Crippen MR) is 76.2 cm³/mol. The number of hydrogen-bond donors (Lipinski definition) is 2. The van der Waals surface area contributed by atoms with Crippen molar-refractivity contribution in [1.29, 1.82) is 0 Å². The molecule has 4 unspecified atom stereocenters. The standard InChI is InChI=1S/2C6H7FO7.3Ba/c2*7-3(4(10)11)6(14,5(12)13)1-2(8)9;;;/h2*3,14H,1H2,(H,8,9)(H,10,11)(H,12,13);;;/q;;3*+2/p-6. The average molecular weight is 826 g/mol. The van der Waals surface area contributed by atoms with Crippen LogP contribution in [0, 0.1) is 0 Å². The van der Waals surface area contributed by atoms with Crippen LogP contribution in [0.5, 0.6) is 0 Å². The minimum absolute atomic E-state index is 0. The van der Waals surface area contributed by atoms with Gasteiger partial charge in [0.25, 0.3) is 0 Å². The Balaban J connectivity index is -0.000000133. The first-order chi connectivity index (χ1) is 12.4. The molecule has 0 aliphatic rings. The van der Waals surface area contributed by atoms with Crippen molar-refractivity contribution in [3.05, 3.63) is 0 Å². The Morgan fingerprint density at radius 2 is 0.806 bits per heavy atom. The number of carbonyl (C=O) groups excluding carboxylic acids is 6. The largest absolute Gasteiger partial charge is 2.00 e. The van der Waals surface area contributed by atoms with E-state index in [0.29, 0.717) is 0 Å². The summed E-state index contributed by atoms with van der Waals surface area (Å²) in [5, 5.41) is 77.4. The molecule has 0 spiro atoms. The number of aliphatic carboxylic acids is 6. The molecule has 14 nitrogen and oxygen atoms in total. The van der Waals surface area contributed by atoms with Gasteiger partial charge in [-0.3, -0.25) is 0 Å². The minimum Gasteiger partial charge on any atom is -0.550 e. The maximum absolute atomic E-state index is 12.6. The summed E-state index contributed by atoms with van der Waals surface area (Å²) in [4.78, 5) is 59.8. The first-order valence-corrected chi connectivity index (χ1v) is 6.40. The van der Waals surface area contributed by atoms with E-state index in [9.17, 15) is 68.2 Å². The van der Waals surface area contributed by atoms with Gasteiger partial charge in [-0.15, -0.1) is 0 Å². The number of hydrogen-bond acceptors (Lipinski definition) is 14. The van der Waals surface area contributed by atoms with Crippen LogP contribution >= 0.6 is 0 Å². The van der Waals surface area contributed by atoms with E-state index >= 15 is 0 Å². The molecule has 0 aromatic rings. The van der Waals surface area contributed by atoms with Crippen molar-refractivity contribution in [2.75, 3.05) is 0 Å². The van der Waals surface area contributed by atoms with Gasteiger partial charge in [0.05, 0.1) is 23.9 Å².